The van der Waals surface area contributed by atoms with E-state index < -0.39 is 51.1 Å². The van der Waals surface area contributed by atoms with Crippen LogP contribution in [0.2, 0.25) is 5.02 Å². The summed E-state index contributed by atoms with van der Waals surface area (Å²) >= 11 is 20.4. The van der Waals surface area contributed by atoms with E-state index in [0.717, 1.165) is 9.80 Å². The number of nitrogens with zero attached hydrogens (tertiary/aromatic N) is 2. The minimum atomic E-state index is -2.06. The molecule has 41 heavy (non-hydrogen) atoms. The van der Waals surface area contributed by atoms with Gasteiger partial charge in [0.2, 0.25) is 11.8 Å². The Labute approximate surface area is 250 Å². The average molecular weight is 620 g/mol. The van der Waals surface area contributed by atoms with Crippen molar-refractivity contribution in [1.29, 1.82) is 0 Å². The average Bonchev–Trinajstić information content (AvgIpc) is 3.28. The highest BCUT2D eigenvalue weighted by atomic mass is 35.5. The van der Waals surface area contributed by atoms with Crippen LogP contribution in [-0.2, 0) is 19.2 Å². The Morgan fingerprint density at radius 1 is 0.951 bits per heavy atom. The summed E-state index contributed by atoms with van der Waals surface area (Å²) in [6, 6.07) is 9.24. The van der Waals surface area contributed by atoms with Gasteiger partial charge in [-0.3, -0.25) is 29.0 Å². The Morgan fingerprint density at radius 2 is 1.63 bits per heavy atom. The summed E-state index contributed by atoms with van der Waals surface area (Å²) in [6.07, 6.45) is 1.80. The third kappa shape index (κ3) is 3.55. The molecule has 2 saturated heterocycles. The van der Waals surface area contributed by atoms with Crippen LogP contribution in [0.25, 0.3) is 0 Å². The maximum atomic E-state index is 14.0. The number of carbonyl (C=O) groups is 4. The van der Waals surface area contributed by atoms with Crippen LogP contribution in [0.5, 0.6) is 17.2 Å². The van der Waals surface area contributed by atoms with Crippen LogP contribution in [0, 0.1) is 17.8 Å². The van der Waals surface area contributed by atoms with Crippen molar-refractivity contribution < 1.29 is 33.8 Å². The molecule has 12 heteroatoms. The Bertz CT molecular complexity index is 1560. The van der Waals surface area contributed by atoms with E-state index in [-0.39, 0.29) is 41.6 Å². The highest BCUT2D eigenvalue weighted by Gasteiger charge is 2.76. The van der Waals surface area contributed by atoms with E-state index in [1.807, 2.05) is 0 Å². The van der Waals surface area contributed by atoms with Gasteiger partial charge >= 0.3 is 0 Å². The minimum Gasteiger partial charge on any atom is -0.507 e. The number of alkyl halides is 2. The Hall–Kier alpha value is -3.27. The second kappa shape index (κ2) is 9.37. The van der Waals surface area contributed by atoms with Crippen molar-refractivity contribution in [2.24, 2.45) is 17.8 Å². The van der Waals surface area contributed by atoms with Gasteiger partial charge in [-0.05, 0) is 43.0 Å². The Balaban J connectivity index is 1.55. The summed E-state index contributed by atoms with van der Waals surface area (Å²) in [6.45, 7) is 0. The molecule has 0 aromatic heterocycles. The molecule has 2 aromatic rings. The minimum absolute atomic E-state index is 0.130. The number of likely N-dealkylation sites (tertiary alicyclic amines) is 1. The van der Waals surface area contributed by atoms with Crippen LogP contribution in [-0.4, -0.2) is 64.7 Å². The normalized spacial score (nSPS) is 32.5. The zero-order chi connectivity index (χ0) is 29.6. The summed E-state index contributed by atoms with van der Waals surface area (Å²) < 4.78 is 10.9. The summed E-state index contributed by atoms with van der Waals surface area (Å²) in [4.78, 5) is 53.0. The fourth-order valence-corrected chi connectivity index (χ4v) is 8.20. The number of hydrogen-bond acceptors (Lipinski definition) is 7. The number of rotatable bonds is 4. The molecule has 6 rings (SSSR count). The van der Waals surface area contributed by atoms with Crippen LogP contribution in [0.1, 0.15) is 24.3 Å². The maximum Gasteiger partial charge on any atom is 0.253 e. The molecule has 2 aromatic carbocycles. The van der Waals surface area contributed by atoms with E-state index in [1.165, 1.54) is 33.4 Å². The predicted molar refractivity (Wildman–Crippen MR) is 151 cm³/mol. The van der Waals surface area contributed by atoms with Crippen LogP contribution in [0.15, 0.2) is 48.0 Å². The fourth-order valence-electron chi connectivity index (χ4n) is 7.07. The monoisotopic (exact) mass is 618 g/mol. The highest BCUT2D eigenvalue weighted by Crippen LogP contribution is 2.67. The summed E-state index contributed by atoms with van der Waals surface area (Å²) in [5.74, 6) is -5.64. The van der Waals surface area contributed by atoms with Crippen molar-refractivity contribution in [1.82, 2.24) is 4.90 Å². The largest absolute Gasteiger partial charge is 0.507 e. The van der Waals surface area contributed by atoms with E-state index in [4.69, 9.17) is 44.3 Å². The standard InChI is InChI=1S/C29H25Cl3N2O7/c1-33-26(38)28(31)12-18-16(8-9-17-21(18)25(37)34(24(17)36)14-6-4-13(30)5-7-14)23(29(28,32)27(33)39)22-19(35)10-15(40-2)11-20(22)41-3/h4-8,10-11,17-18,21,23,35H,9,12H2,1-3H3. The molecule has 214 valence electrons. The van der Waals surface area contributed by atoms with Crippen molar-refractivity contribution in [3.63, 3.8) is 0 Å². The molecule has 0 radical (unpaired) electrons. The zero-order valence-corrected chi connectivity index (χ0v) is 24.5. The van der Waals surface area contributed by atoms with E-state index in [2.05, 4.69) is 0 Å². The number of phenols is 1. The molecular formula is C29H25Cl3N2O7. The third-order valence-electron chi connectivity index (χ3n) is 8.94. The summed E-state index contributed by atoms with van der Waals surface area (Å²) in [5, 5.41) is 11.7. The van der Waals surface area contributed by atoms with Crippen LogP contribution < -0.4 is 14.4 Å². The number of benzene rings is 2. The van der Waals surface area contributed by atoms with Gasteiger partial charge in [0.05, 0.1) is 31.7 Å². The van der Waals surface area contributed by atoms with Gasteiger partial charge in [0.25, 0.3) is 11.8 Å². The first kappa shape index (κ1) is 27.9. The number of fused-ring (bicyclic) bond motifs is 4. The lowest BCUT2D eigenvalue weighted by atomic mass is 9.56. The number of allylic oxidation sites excluding steroid dienone is 2. The number of anilines is 1. The molecule has 6 atom stereocenters. The molecule has 4 aliphatic rings. The number of aromatic hydroxyl groups is 1. The lowest BCUT2D eigenvalue weighted by Gasteiger charge is -2.51. The topological polar surface area (TPSA) is 113 Å². The number of hydrogen-bond donors (Lipinski definition) is 1. The van der Waals surface area contributed by atoms with E-state index in [9.17, 15) is 24.3 Å². The first-order chi connectivity index (χ1) is 19.4. The first-order valence-corrected chi connectivity index (χ1v) is 14.0. The number of phenolic OH excluding ortho intramolecular Hbond substituents is 1. The quantitative estimate of drug-likeness (QED) is 0.309. The van der Waals surface area contributed by atoms with Gasteiger partial charge in [0.15, 0.2) is 9.75 Å². The number of carbonyl (C=O) groups excluding carboxylic acids is 4. The maximum absolute atomic E-state index is 14.0. The number of amides is 4. The molecular weight excluding hydrogens is 595 g/mol. The molecule has 4 amide bonds. The Morgan fingerprint density at radius 3 is 2.27 bits per heavy atom. The second-order valence-electron chi connectivity index (χ2n) is 10.7. The molecule has 9 nitrogen and oxygen atoms in total. The van der Waals surface area contributed by atoms with Gasteiger partial charge in [-0.15, -0.1) is 23.2 Å². The van der Waals surface area contributed by atoms with E-state index in [0.29, 0.717) is 16.3 Å². The third-order valence-corrected chi connectivity index (χ3v) is 10.6. The number of imide groups is 2. The fraction of sp³-hybridized carbons (Fsp3) is 0.379. The van der Waals surface area contributed by atoms with Crippen molar-refractivity contribution in [3.8, 4) is 17.2 Å². The van der Waals surface area contributed by atoms with E-state index in [1.54, 1.807) is 30.3 Å². The first-order valence-electron chi connectivity index (χ1n) is 12.9. The second-order valence-corrected chi connectivity index (χ2v) is 12.4. The van der Waals surface area contributed by atoms with Gasteiger partial charge in [0.1, 0.15) is 17.2 Å². The molecule has 3 fully saturated rings. The van der Waals surface area contributed by atoms with Gasteiger partial charge in [-0.25, -0.2) is 0 Å². The van der Waals surface area contributed by atoms with Crippen molar-refractivity contribution in [3.05, 3.63) is 58.6 Å². The SMILES string of the molecule is COc1cc(O)c(C2C3=CCC4C(=O)N(c5ccc(Cl)cc5)C(=O)C4C3CC3(Cl)C(=O)N(C)C(=O)C23Cl)c(OC)c1. The van der Waals surface area contributed by atoms with Crippen LogP contribution in [0.3, 0.4) is 0 Å². The molecule has 2 aliphatic carbocycles. The lowest BCUT2D eigenvalue weighted by Crippen LogP contribution is -2.60. The smallest absolute Gasteiger partial charge is 0.253 e. The van der Waals surface area contributed by atoms with Crippen molar-refractivity contribution >= 4 is 64.1 Å². The summed E-state index contributed by atoms with van der Waals surface area (Å²) in [7, 11) is 4.10. The molecule has 2 heterocycles. The number of halogens is 3. The summed E-state index contributed by atoms with van der Waals surface area (Å²) in [5.41, 5.74) is 1.04. The molecule has 2 aliphatic heterocycles. The van der Waals surface area contributed by atoms with Crippen molar-refractivity contribution in [2.45, 2.75) is 28.5 Å². The number of methoxy groups -OCH3 is 2. The van der Waals surface area contributed by atoms with Gasteiger partial charge in [-0.2, -0.15) is 0 Å². The van der Waals surface area contributed by atoms with Gasteiger partial charge < -0.3 is 14.6 Å². The van der Waals surface area contributed by atoms with E-state index >= 15 is 0 Å². The molecule has 0 spiro atoms. The predicted octanol–water partition coefficient (Wildman–Crippen LogP) is 4.26. The van der Waals surface area contributed by atoms with Crippen molar-refractivity contribution in [2.75, 3.05) is 26.2 Å². The molecule has 1 N–H and O–H groups in total. The molecule has 6 unspecified atom stereocenters. The highest BCUT2D eigenvalue weighted by molar-refractivity contribution is 6.53. The van der Waals surface area contributed by atoms with Crippen LogP contribution in [0.4, 0.5) is 5.69 Å². The molecule has 0 bridgehead atoms. The van der Waals surface area contributed by atoms with Gasteiger partial charge in [-0.1, -0.05) is 23.3 Å². The zero-order valence-electron chi connectivity index (χ0n) is 22.2. The number of ether oxygens (including phenoxy) is 2. The lowest BCUT2D eigenvalue weighted by molar-refractivity contribution is -0.138. The van der Waals surface area contributed by atoms with Gasteiger partial charge in [0, 0.05) is 35.7 Å². The van der Waals surface area contributed by atoms with Crippen LogP contribution >= 0.6 is 34.8 Å². The molecule has 1 saturated carbocycles. The Kier molecular flexibility index (Phi) is 6.37.